The van der Waals surface area contributed by atoms with Crippen molar-refractivity contribution in [3.63, 3.8) is 0 Å². The Morgan fingerprint density at radius 2 is 1.74 bits per heavy atom. The maximum atomic E-state index is 12.5. The van der Waals surface area contributed by atoms with E-state index in [2.05, 4.69) is 43.1 Å². The number of nitrogens with zero attached hydrogens (tertiary/aromatic N) is 1. The number of piperidine rings is 1. The maximum absolute atomic E-state index is 12.5. The number of rotatable bonds is 3. The van der Waals surface area contributed by atoms with Crippen molar-refractivity contribution in [3.8, 4) is 0 Å². The standard InChI is InChI=1S/C20H30N2O/c1-14-10-15(2)20(16(3)11-14)21-19(23)13-22-9-8-17-6-4-5-7-18(17)12-22/h10-11,17-18H,4-9,12-13H2,1-3H3,(H,21,23)/t17-,18-/m0/s1. The van der Waals surface area contributed by atoms with Gasteiger partial charge in [-0.15, -0.1) is 0 Å². The molecule has 2 atom stereocenters. The zero-order valence-electron chi connectivity index (χ0n) is 14.8. The van der Waals surface area contributed by atoms with Crippen molar-refractivity contribution in [1.29, 1.82) is 0 Å². The summed E-state index contributed by atoms with van der Waals surface area (Å²) in [5.74, 6) is 1.88. The lowest BCUT2D eigenvalue weighted by molar-refractivity contribution is -0.118. The van der Waals surface area contributed by atoms with Crippen molar-refractivity contribution in [3.05, 3.63) is 28.8 Å². The number of benzene rings is 1. The van der Waals surface area contributed by atoms with Crippen LogP contribution in [0.3, 0.4) is 0 Å². The van der Waals surface area contributed by atoms with E-state index in [0.29, 0.717) is 6.54 Å². The van der Waals surface area contributed by atoms with E-state index >= 15 is 0 Å². The van der Waals surface area contributed by atoms with Crippen molar-refractivity contribution in [2.75, 3.05) is 25.0 Å². The number of amides is 1. The summed E-state index contributed by atoms with van der Waals surface area (Å²) in [7, 11) is 0. The number of hydrogen-bond acceptors (Lipinski definition) is 2. The second-order valence-electron chi connectivity index (χ2n) is 7.65. The number of fused-ring (bicyclic) bond motifs is 1. The molecule has 0 radical (unpaired) electrons. The van der Waals surface area contributed by atoms with Crippen molar-refractivity contribution in [2.24, 2.45) is 11.8 Å². The summed E-state index contributed by atoms with van der Waals surface area (Å²) in [5.41, 5.74) is 4.55. The summed E-state index contributed by atoms with van der Waals surface area (Å²) >= 11 is 0. The highest BCUT2D eigenvalue weighted by Crippen LogP contribution is 2.35. The number of nitrogens with one attached hydrogen (secondary N) is 1. The lowest BCUT2D eigenvalue weighted by atomic mass is 9.75. The number of carbonyl (C=O) groups is 1. The lowest BCUT2D eigenvalue weighted by Crippen LogP contribution is -2.44. The summed E-state index contributed by atoms with van der Waals surface area (Å²) in [6, 6.07) is 4.27. The molecule has 0 aromatic heterocycles. The Balaban J connectivity index is 1.57. The minimum absolute atomic E-state index is 0.134. The Morgan fingerprint density at radius 3 is 2.43 bits per heavy atom. The van der Waals surface area contributed by atoms with E-state index < -0.39 is 0 Å². The quantitative estimate of drug-likeness (QED) is 0.912. The van der Waals surface area contributed by atoms with Gasteiger partial charge in [-0.2, -0.15) is 0 Å². The van der Waals surface area contributed by atoms with Crippen LogP contribution in [0.15, 0.2) is 12.1 Å². The number of aryl methyl sites for hydroxylation is 3. The van der Waals surface area contributed by atoms with Crippen LogP contribution in [0.1, 0.15) is 48.8 Å². The number of carbonyl (C=O) groups excluding carboxylic acids is 1. The molecule has 0 spiro atoms. The molecule has 126 valence electrons. The van der Waals surface area contributed by atoms with E-state index in [0.717, 1.165) is 41.7 Å². The van der Waals surface area contributed by atoms with Gasteiger partial charge in [0.15, 0.2) is 0 Å². The molecule has 2 fully saturated rings. The van der Waals surface area contributed by atoms with Gasteiger partial charge < -0.3 is 5.32 Å². The minimum Gasteiger partial charge on any atom is -0.324 e. The van der Waals surface area contributed by atoms with Crippen LogP contribution in [0.4, 0.5) is 5.69 Å². The van der Waals surface area contributed by atoms with E-state index in [1.165, 1.54) is 37.7 Å². The molecule has 3 nitrogen and oxygen atoms in total. The van der Waals surface area contributed by atoms with Crippen LogP contribution in [0.2, 0.25) is 0 Å². The molecule has 23 heavy (non-hydrogen) atoms. The van der Waals surface area contributed by atoms with Crippen molar-refractivity contribution in [2.45, 2.75) is 52.9 Å². The molecule has 1 aliphatic carbocycles. The molecule has 1 saturated carbocycles. The predicted molar refractivity (Wildman–Crippen MR) is 95.8 cm³/mol. The maximum Gasteiger partial charge on any atom is 0.238 e. The number of anilines is 1. The summed E-state index contributed by atoms with van der Waals surface area (Å²) in [4.78, 5) is 14.8. The second kappa shape index (κ2) is 7.04. The van der Waals surface area contributed by atoms with Crippen LogP contribution in [-0.4, -0.2) is 30.4 Å². The zero-order chi connectivity index (χ0) is 16.4. The van der Waals surface area contributed by atoms with Crippen molar-refractivity contribution < 1.29 is 4.79 Å². The third kappa shape index (κ3) is 3.95. The molecule has 3 heteroatoms. The highest BCUT2D eigenvalue weighted by atomic mass is 16.2. The zero-order valence-corrected chi connectivity index (χ0v) is 14.8. The van der Waals surface area contributed by atoms with Crippen LogP contribution in [-0.2, 0) is 4.79 Å². The lowest BCUT2D eigenvalue weighted by Gasteiger charge is -2.41. The topological polar surface area (TPSA) is 32.3 Å². The molecule has 1 heterocycles. The monoisotopic (exact) mass is 314 g/mol. The van der Waals surface area contributed by atoms with Crippen LogP contribution in [0, 0.1) is 32.6 Å². The molecular weight excluding hydrogens is 284 g/mol. The highest BCUT2D eigenvalue weighted by molar-refractivity contribution is 5.93. The first-order chi connectivity index (χ1) is 11.0. The number of hydrogen-bond donors (Lipinski definition) is 1. The first kappa shape index (κ1) is 16.5. The molecule has 1 aromatic rings. The van der Waals surface area contributed by atoms with Crippen LogP contribution in [0.25, 0.3) is 0 Å². The average molecular weight is 314 g/mol. The van der Waals surface area contributed by atoms with E-state index in [1.807, 2.05) is 0 Å². The van der Waals surface area contributed by atoms with Gasteiger partial charge in [0.25, 0.3) is 0 Å². The SMILES string of the molecule is Cc1cc(C)c(NC(=O)CN2CC[C@@H]3CCCC[C@H]3C2)c(C)c1. The van der Waals surface area contributed by atoms with Crippen molar-refractivity contribution in [1.82, 2.24) is 4.90 Å². The molecule has 1 aliphatic heterocycles. The third-order valence-corrected chi connectivity index (χ3v) is 5.68. The van der Waals surface area contributed by atoms with E-state index in [-0.39, 0.29) is 5.91 Å². The molecule has 1 saturated heterocycles. The van der Waals surface area contributed by atoms with Gasteiger partial charge in [-0.05, 0) is 63.1 Å². The summed E-state index contributed by atoms with van der Waals surface area (Å²) in [6.45, 7) is 8.98. The Kier molecular flexibility index (Phi) is 5.05. The fourth-order valence-corrected chi connectivity index (χ4v) is 4.58. The van der Waals surface area contributed by atoms with E-state index in [1.54, 1.807) is 0 Å². The highest BCUT2D eigenvalue weighted by Gasteiger charge is 2.31. The average Bonchev–Trinajstić information content (AvgIpc) is 2.51. The van der Waals surface area contributed by atoms with Crippen LogP contribution in [0.5, 0.6) is 0 Å². The predicted octanol–water partition coefficient (Wildman–Crippen LogP) is 4.06. The first-order valence-electron chi connectivity index (χ1n) is 9.13. The molecule has 2 aliphatic rings. The van der Waals surface area contributed by atoms with Gasteiger partial charge in [0.2, 0.25) is 5.91 Å². The molecule has 1 N–H and O–H groups in total. The van der Waals surface area contributed by atoms with Gasteiger partial charge in [0.05, 0.1) is 6.54 Å². The van der Waals surface area contributed by atoms with Gasteiger partial charge >= 0.3 is 0 Å². The second-order valence-corrected chi connectivity index (χ2v) is 7.65. The molecule has 3 rings (SSSR count). The Hall–Kier alpha value is -1.35. The van der Waals surface area contributed by atoms with Gasteiger partial charge in [0.1, 0.15) is 0 Å². The first-order valence-corrected chi connectivity index (χ1v) is 9.13. The number of likely N-dealkylation sites (tertiary alicyclic amines) is 1. The fraction of sp³-hybridized carbons (Fsp3) is 0.650. The van der Waals surface area contributed by atoms with Gasteiger partial charge in [-0.25, -0.2) is 0 Å². The normalized spacial score (nSPS) is 25.0. The largest absolute Gasteiger partial charge is 0.324 e. The van der Waals surface area contributed by atoms with Gasteiger partial charge in [0, 0.05) is 12.2 Å². The Morgan fingerprint density at radius 1 is 1.09 bits per heavy atom. The molecule has 1 aromatic carbocycles. The smallest absolute Gasteiger partial charge is 0.238 e. The summed E-state index contributed by atoms with van der Waals surface area (Å²) in [6.07, 6.45) is 6.84. The Bertz CT molecular complexity index is 558. The molecule has 1 amide bonds. The van der Waals surface area contributed by atoms with Crippen LogP contribution >= 0.6 is 0 Å². The Labute approximate surface area is 140 Å². The molecule has 0 bridgehead atoms. The minimum atomic E-state index is 0.134. The molecular formula is C20H30N2O. The van der Waals surface area contributed by atoms with Gasteiger partial charge in [-0.3, -0.25) is 9.69 Å². The summed E-state index contributed by atoms with van der Waals surface area (Å²) < 4.78 is 0. The third-order valence-electron chi connectivity index (χ3n) is 5.68. The summed E-state index contributed by atoms with van der Waals surface area (Å²) in [5, 5.41) is 3.14. The van der Waals surface area contributed by atoms with Crippen molar-refractivity contribution >= 4 is 11.6 Å². The molecule has 0 unspecified atom stereocenters. The van der Waals surface area contributed by atoms with Gasteiger partial charge in [-0.1, -0.05) is 37.0 Å². The van der Waals surface area contributed by atoms with Crippen LogP contribution < -0.4 is 5.32 Å². The van der Waals surface area contributed by atoms with E-state index in [4.69, 9.17) is 0 Å². The van der Waals surface area contributed by atoms with E-state index in [9.17, 15) is 4.79 Å². The fourth-order valence-electron chi connectivity index (χ4n) is 4.58.